The molecule has 1 aliphatic heterocycles. The molecule has 2 heterocycles. The maximum absolute atomic E-state index is 11.6. The number of amides is 1. The first-order valence-electron chi connectivity index (χ1n) is 4.86. The fourth-order valence-electron chi connectivity index (χ4n) is 1.54. The molecule has 0 radical (unpaired) electrons. The first-order chi connectivity index (χ1) is 7.27. The lowest BCUT2D eigenvalue weighted by molar-refractivity contribution is -0.125. The highest BCUT2D eigenvalue weighted by Crippen LogP contribution is 2.11. The molecular formula is C9H14N4O2. The zero-order chi connectivity index (χ0) is 10.7. The number of rotatable bonds is 3. The average molecular weight is 210 g/mol. The van der Waals surface area contributed by atoms with Crippen LogP contribution in [-0.4, -0.2) is 35.4 Å². The Bertz CT molecular complexity index is 325. The summed E-state index contributed by atoms with van der Waals surface area (Å²) in [6.07, 6.45) is 3.41. The van der Waals surface area contributed by atoms with Crippen LogP contribution in [0.4, 0.5) is 0 Å². The molecule has 0 aromatic carbocycles. The van der Waals surface area contributed by atoms with Gasteiger partial charge in [-0.3, -0.25) is 9.89 Å². The average Bonchev–Trinajstić information content (AvgIpc) is 2.84. The van der Waals surface area contributed by atoms with Crippen molar-refractivity contribution in [2.75, 3.05) is 13.2 Å². The SMILES string of the molecule is NC1COCC1C(=O)NCc1cn[nH]c1. The van der Waals surface area contributed by atoms with Gasteiger partial charge in [-0.2, -0.15) is 5.10 Å². The number of carbonyl (C=O) groups is 1. The van der Waals surface area contributed by atoms with Gasteiger partial charge in [-0.05, 0) is 0 Å². The lowest BCUT2D eigenvalue weighted by Crippen LogP contribution is -2.40. The molecule has 0 saturated carbocycles. The molecule has 0 aliphatic carbocycles. The second-order valence-corrected chi connectivity index (χ2v) is 3.63. The van der Waals surface area contributed by atoms with Crippen molar-refractivity contribution in [3.63, 3.8) is 0 Å². The monoisotopic (exact) mass is 210 g/mol. The summed E-state index contributed by atoms with van der Waals surface area (Å²) in [5.74, 6) is -0.280. The summed E-state index contributed by atoms with van der Waals surface area (Å²) >= 11 is 0. The Morgan fingerprint density at radius 1 is 1.73 bits per heavy atom. The molecule has 2 rings (SSSR count). The van der Waals surface area contributed by atoms with Gasteiger partial charge in [-0.25, -0.2) is 0 Å². The molecule has 1 saturated heterocycles. The molecule has 4 N–H and O–H groups in total. The highest BCUT2D eigenvalue weighted by atomic mass is 16.5. The van der Waals surface area contributed by atoms with Crippen molar-refractivity contribution >= 4 is 5.91 Å². The van der Waals surface area contributed by atoms with Crippen LogP contribution in [0.25, 0.3) is 0 Å². The molecule has 0 spiro atoms. The van der Waals surface area contributed by atoms with E-state index in [1.54, 1.807) is 12.4 Å². The van der Waals surface area contributed by atoms with Crippen molar-refractivity contribution in [2.24, 2.45) is 11.7 Å². The van der Waals surface area contributed by atoms with E-state index in [0.717, 1.165) is 5.56 Å². The van der Waals surface area contributed by atoms with E-state index in [0.29, 0.717) is 19.8 Å². The molecule has 1 amide bonds. The molecular weight excluding hydrogens is 196 g/mol. The Hall–Kier alpha value is -1.40. The fourth-order valence-corrected chi connectivity index (χ4v) is 1.54. The molecule has 6 heteroatoms. The van der Waals surface area contributed by atoms with Crippen LogP contribution >= 0.6 is 0 Å². The van der Waals surface area contributed by atoms with Gasteiger partial charge in [0.05, 0.1) is 25.3 Å². The fraction of sp³-hybridized carbons (Fsp3) is 0.556. The van der Waals surface area contributed by atoms with Gasteiger partial charge in [-0.15, -0.1) is 0 Å². The largest absolute Gasteiger partial charge is 0.379 e. The Morgan fingerprint density at radius 2 is 2.60 bits per heavy atom. The van der Waals surface area contributed by atoms with Crippen molar-refractivity contribution in [1.29, 1.82) is 0 Å². The summed E-state index contributed by atoms with van der Waals surface area (Å²) in [5, 5.41) is 9.27. The van der Waals surface area contributed by atoms with Crippen LogP contribution in [0.2, 0.25) is 0 Å². The minimum atomic E-state index is -0.225. The van der Waals surface area contributed by atoms with Gasteiger partial charge in [0.15, 0.2) is 0 Å². The zero-order valence-electron chi connectivity index (χ0n) is 8.27. The first-order valence-corrected chi connectivity index (χ1v) is 4.86. The van der Waals surface area contributed by atoms with Crippen molar-refractivity contribution in [1.82, 2.24) is 15.5 Å². The first kappa shape index (κ1) is 10.1. The Labute approximate surface area is 87.2 Å². The van der Waals surface area contributed by atoms with Crippen molar-refractivity contribution in [3.8, 4) is 0 Å². The predicted octanol–water partition coefficient (Wildman–Crippen LogP) is -1.00. The maximum atomic E-state index is 11.6. The van der Waals surface area contributed by atoms with Gasteiger partial charge in [0.25, 0.3) is 0 Å². The summed E-state index contributed by atoms with van der Waals surface area (Å²) in [6.45, 7) is 1.35. The van der Waals surface area contributed by atoms with E-state index in [-0.39, 0.29) is 17.9 Å². The van der Waals surface area contributed by atoms with E-state index in [1.165, 1.54) is 0 Å². The van der Waals surface area contributed by atoms with Crippen LogP contribution in [0.1, 0.15) is 5.56 Å². The number of nitrogens with one attached hydrogen (secondary N) is 2. The molecule has 1 aromatic heterocycles. The Balaban J connectivity index is 1.82. The molecule has 0 bridgehead atoms. The third kappa shape index (κ3) is 2.34. The third-order valence-corrected chi connectivity index (χ3v) is 2.48. The van der Waals surface area contributed by atoms with E-state index >= 15 is 0 Å². The smallest absolute Gasteiger partial charge is 0.227 e. The third-order valence-electron chi connectivity index (χ3n) is 2.48. The van der Waals surface area contributed by atoms with Crippen LogP contribution in [0.5, 0.6) is 0 Å². The summed E-state index contributed by atoms with van der Waals surface area (Å²) in [5.41, 5.74) is 6.67. The topological polar surface area (TPSA) is 93.0 Å². The molecule has 1 aliphatic rings. The molecule has 2 unspecified atom stereocenters. The number of nitrogens with zero attached hydrogens (tertiary/aromatic N) is 1. The van der Waals surface area contributed by atoms with Crippen LogP contribution in [0.3, 0.4) is 0 Å². The summed E-state index contributed by atoms with van der Waals surface area (Å²) in [7, 11) is 0. The van der Waals surface area contributed by atoms with Gasteiger partial charge in [0.1, 0.15) is 0 Å². The molecule has 15 heavy (non-hydrogen) atoms. The molecule has 2 atom stereocenters. The van der Waals surface area contributed by atoms with Crippen molar-refractivity contribution in [3.05, 3.63) is 18.0 Å². The van der Waals surface area contributed by atoms with Gasteiger partial charge < -0.3 is 15.8 Å². The Morgan fingerprint density at radius 3 is 3.20 bits per heavy atom. The summed E-state index contributed by atoms with van der Waals surface area (Å²) in [4.78, 5) is 11.6. The van der Waals surface area contributed by atoms with E-state index in [2.05, 4.69) is 15.5 Å². The van der Waals surface area contributed by atoms with Gasteiger partial charge >= 0.3 is 0 Å². The van der Waals surface area contributed by atoms with E-state index in [1.807, 2.05) is 0 Å². The zero-order valence-corrected chi connectivity index (χ0v) is 8.27. The number of H-pyrrole nitrogens is 1. The summed E-state index contributed by atoms with van der Waals surface area (Å²) in [6, 6.07) is -0.186. The van der Waals surface area contributed by atoms with E-state index < -0.39 is 0 Å². The van der Waals surface area contributed by atoms with Crippen molar-refractivity contribution in [2.45, 2.75) is 12.6 Å². The van der Waals surface area contributed by atoms with Gasteiger partial charge in [-0.1, -0.05) is 0 Å². The van der Waals surface area contributed by atoms with E-state index in [4.69, 9.17) is 10.5 Å². The number of ether oxygens (including phenoxy) is 1. The van der Waals surface area contributed by atoms with Gasteiger partial charge in [0.2, 0.25) is 5.91 Å². The number of carbonyl (C=O) groups excluding carboxylic acids is 1. The van der Waals surface area contributed by atoms with Crippen LogP contribution in [-0.2, 0) is 16.1 Å². The molecule has 1 fully saturated rings. The lowest BCUT2D eigenvalue weighted by Gasteiger charge is -2.12. The lowest BCUT2D eigenvalue weighted by atomic mass is 10.0. The quantitative estimate of drug-likeness (QED) is 0.596. The number of nitrogens with two attached hydrogens (primary N) is 1. The van der Waals surface area contributed by atoms with E-state index in [9.17, 15) is 4.79 Å². The number of aromatic nitrogens is 2. The number of hydrogen-bond acceptors (Lipinski definition) is 4. The van der Waals surface area contributed by atoms with Crippen molar-refractivity contribution < 1.29 is 9.53 Å². The highest BCUT2D eigenvalue weighted by molar-refractivity contribution is 5.79. The minimum Gasteiger partial charge on any atom is -0.379 e. The summed E-state index contributed by atoms with van der Waals surface area (Å²) < 4.78 is 5.12. The predicted molar refractivity (Wildman–Crippen MR) is 52.7 cm³/mol. The molecule has 6 nitrogen and oxygen atoms in total. The maximum Gasteiger partial charge on any atom is 0.227 e. The molecule has 82 valence electrons. The standard InChI is InChI=1S/C9H14N4O2/c10-8-5-15-4-7(8)9(14)11-1-6-2-12-13-3-6/h2-3,7-8H,1,4-5,10H2,(H,11,14)(H,12,13). The van der Waals surface area contributed by atoms with Crippen LogP contribution in [0.15, 0.2) is 12.4 Å². The van der Waals surface area contributed by atoms with Gasteiger partial charge in [0, 0.05) is 24.3 Å². The minimum absolute atomic E-state index is 0.0544. The Kier molecular flexibility index (Phi) is 2.98. The number of hydrogen-bond donors (Lipinski definition) is 3. The highest BCUT2D eigenvalue weighted by Gasteiger charge is 2.30. The normalized spacial score (nSPS) is 25.4. The molecule has 1 aromatic rings. The second kappa shape index (κ2) is 4.41. The second-order valence-electron chi connectivity index (χ2n) is 3.63. The van der Waals surface area contributed by atoms with Crippen LogP contribution < -0.4 is 11.1 Å². The van der Waals surface area contributed by atoms with Crippen LogP contribution in [0, 0.1) is 5.92 Å². The number of aromatic amines is 1.